The normalized spacial score (nSPS) is 12.5. The molecule has 2 aromatic carbocycles. The number of hydrogen-bond acceptors (Lipinski definition) is 3. The van der Waals surface area contributed by atoms with Crippen LogP contribution in [0.15, 0.2) is 66.2 Å². The van der Waals surface area contributed by atoms with Gasteiger partial charge in [-0.2, -0.15) is 0 Å². The summed E-state index contributed by atoms with van der Waals surface area (Å²) in [5, 5.41) is 0.291. The highest BCUT2D eigenvalue weighted by atomic mass is 35.5. The standard InChI is InChI=1S/C17H14ClNOS2/c18-17-15(21-12-19-17)11-22(20)16(13-7-3-1-4-8-13)14-9-5-2-6-10-14/h1-10,12,16H,11H2. The fourth-order valence-electron chi connectivity index (χ4n) is 2.31. The summed E-state index contributed by atoms with van der Waals surface area (Å²) in [7, 11) is -1.11. The van der Waals surface area contributed by atoms with Crippen LogP contribution in [0, 0.1) is 0 Å². The first-order chi connectivity index (χ1) is 10.8. The predicted octanol–water partition coefficient (Wildman–Crippen LogP) is 4.83. The van der Waals surface area contributed by atoms with Crippen LogP contribution in [0.4, 0.5) is 0 Å². The number of benzene rings is 2. The molecule has 1 unspecified atom stereocenters. The maximum atomic E-state index is 13.0. The Hall–Kier alpha value is -1.49. The molecule has 112 valence electrons. The summed E-state index contributed by atoms with van der Waals surface area (Å²) < 4.78 is 13.0. The second-order valence-corrected chi connectivity index (χ2v) is 7.61. The van der Waals surface area contributed by atoms with Crippen molar-refractivity contribution in [3.8, 4) is 0 Å². The molecular weight excluding hydrogens is 334 g/mol. The van der Waals surface area contributed by atoms with Gasteiger partial charge in [-0.25, -0.2) is 4.98 Å². The molecule has 0 aliphatic rings. The first-order valence-electron chi connectivity index (χ1n) is 6.80. The number of hydrogen-bond donors (Lipinski definition) is 0. The van der Waals surface area contributed by atoms with Gasteiger partial charge in [-0.1, -0.05) is 72.3 Å². The van der Waals surface area contributed by atoms with E-state index < -0.39 is 10.8 Å². The molecule has 0 aliphatic heterocycles. The van der Waals surface area contributed by atoms with E-state index in [9.17, 15) is 4.21 Å². The van der Waals surface area contributed by atoms with Crippen LogP contribution >= 0.6 is 22.9 Å². The van der Waals surface area contributed by atoms with Gasteiger partial charge in [0.2, 0.25) is 0 Å². The van der Waals surface area contributed by atoms with Crippen LogP contribution in [0.25, 0.3) is 0 Å². The molecule has 3 rings (SSSR count). The lowest BCUT2D eigenvalue weighted by atomic mass is 10.0. The van der Waals surface area contributed by atoms with Gasteiger partial charge in [-0.15, -0.1) is 11.3 Å². The monoisotopic (exact) mass is 347 g/mol. The smallest absolute Gasteiger partial charge is 0.144 e. The van der Waals surface area contributed by atoms with Crippen molar-refractivity contribution >= 4 is 33.7 Å². The Bertz CT molecular complexity index is 719. The quantitative estimate of drug-likeness (QED) is 0.661. The highest BCUT2D eigenvalue weighted by Gasteiger charge is 2.22. The average Bonchev–Trinajstić information content (AvgIpc) is 2.95. The fourth-order valence-corrected chi connectivity index (χ4v) is 5.24. The molecule has 1 aromatic heterocycles. The summed E-state index contributed by atoms with van der Waals surface area (Å²) in [6.07, 6.45) is 0. The summed E-state index contributed by atoms with van der Waals surface area (Å²) in [6, 6.07) is 19.9. The SMILES string of the molecule is O=S(Cc1scnc1Cl)C(c1ccccc1)c1ccccc1. The predicted molar refractivity (Wildman–Crippen MR) is 93.7 cm³/mol. The van der Waals surface area contributed by atoms with Gasteiger partial charge in [0.15, 0.2) is 0 Å². The number of rotatable bonds is 5. The summed E-state index contributed by atoms with van der Waals surface area (Å²) >= 11 is 7.49. The van der Waals surface area contributed by atoms with Crippen molar-refractivity contribution in [3.05, 3.63) is 87.3 Å². The number of aromatic nitrogens is 1. The largest absolute Gasteiger partial charge is 0.258 e. The Morgan fingerprint density at radius 1 is 1.00 bits per heavy atom. The molecule has 0 N–H and O–H groups in total. The maximum Gasteiger partial charge on any atom is 0.144 e. The van der Waals surface area contributed by atoms with Crippen LogP contribution in [0.1, 0.15) is 21.3 Å². The third-order valence-corrected chi connectivity index (χ3v) is 6.43. The van der Waals surface area contributed by atoms with Crippen molar-refractivity contribution in [1.82, 2.24) is 4.98 Å². The van der Waals surface area contributed by atoms with E-state index >= 15 is 0 Å². The molecule has 2 nitrogen and oxygen atoms in total. The molecule has 1 atom stereocenters. The Morgan fingerprint density at radius 2 is 1.55 bits per heavy atom. The maximum absolute atomic E-state index is 13.0. The second-order valence-electron chi connectivity index (χ2n) is 4.79. The zero-order valence-corrected chi connectivity index (χ0v) is 14.1. The molecule has 0 amide bonds. The van der Waals surface area contributed by atoms with Crippen LogP contribution in [0.2, 0.25) is 5.15 Å². The van der Waals surface area contributed by atoms with Crippen LogP contribution in [-0.4, -0.2) is 9.19 Å². The molecule has 0 bridgehead atoms. The molecule has 0 radical (unpaired) electrons. The van der Waals surface area contributed by atoms with Crippen molar-refractivity contribution < 1.29 is 4.21 Å². The molecule has 0 saturated heterocycles. The van der Waals surface area contributed by atoms with Crippen molar-refractivity contribution in [1.29, 1.82) is 0 Å². The Morgan fingerprint density at radius 3 is 2.00 bits per heavy atom. The van der Waals surface area contributed by atoms with Crippen LogP contribution < -0.4 is 0 Å². The third-order valence-electron chi connectivity index (χ3n) is 3.33. The molecule has 0 saturated carbocycles. The van der Waals surface area contributed by atoms with E-state index in [1.807, 2.05) is 60.7 Å². The zero-order chi connectivity index (χ0) is 15.4. The third kappa shape index (κ3) is 3.46. The van der Waals surface area contributed by atoms with Gasteiger partial charge >= 0.3 is 0 Å². The minimum atomic E-state index is -1.11. The van der Waals surface area contributed by atoms with Gasteiger partial charge in [0.25, 0.3) is 0 Å². The van der Waals surface area contributed by atoms with Gasteiger partial charge in [-0.3, -0.25) is 4.21 Å². The molecular formula is C17H14ClNOS2. The van der Waals surface area contributed by atoms with Crippen LogP contribution in [-0.2, 0) is 16.6 Å². The van der Waals surface area contributed by atoms with Crippen molar-refractivity contribution in [2.45, 2.75) is 11.0 Å². The first kappa shape index (κ1) is 15.4. The topological polar surface area (TPSA) is 30.0 Å². The molecule has 0 aliphatic carbocycles. The van der Waals surface area contributed by atoms with E-state index in [4.69, 9.17) is 11.6 Å². The molecule has 3 aromatic rings. The minimum absolute atomic E-state index is 0.166. The van der Waals surface area contributed by atoms with E-state index in [-0.39, 0.29) is 5.25 Å². The lowest BCUT2D eigenvalue weighted by Crippen LogP contribution is -2.10. The number of halogens is 1. The Kier molecular flexibility index (Phi) is 5.03. The highest BCUT2D eigenvalue weighted by Crippen LogP contribution is 2.31. The fraction of sp³-hybridized carbons (Fsp3) is 0.118. The first-order valence-corrected chi connectivity index (χ1v) is 9.44. The van der Waals surface area contributed by atoms with Crippen LogP contribution in [0.3, 0.4) is 0 Å². The van der Waals surface area contributed by atoms with E-state index in [0.29, 0.717) is 10.9 Å². The molecule has 1 heterocycles. The average molecular weight is 348 g/mol. The Labute approximate surface area is 141 Å². The lowest BCUT2D eigenvalue weighted by molar-refractivity contribution is 0.678. The van der Waals surface area contributed by atoms with E-state index in [2.05, 4.69) is 4.98 Å². The number of nitrogens with zero attached hydrogens (tertiary/aromatic N) is 1. The van der Waals surface area contributed by atoms with Crippen molar-refractivity contribution in [3.63, 3.8) is 0 Å². The summed E-state index contributed by atoms with van der Waals surface area (Å²) in [5.41, 5.74) is 3.79. The van der Waals surface area contributed by atoms with Gasteiger partial charge in [-0.05, 0) is 11.1 Å². The van der Waals surface area contributed by atoms with Crippen molar-refractivity contribution in [2.75, 3.05) is 0 Å². The molecule has 0 fully saturated rings. The Balaban J connectivity index is 1.95. The van der Waals surface area contributed by atoms with Gasteiger partial charge in [0.05, 0.1) is 21.4 Å². The molecule has 0 spiro atoms. The second kappa shape index (κ2) is 7.18. The highest BCUT2D eigenvalue weighted by molar-refractivity contribution is 7.84. The summed E-state index contributed by atoms with van der Waals surface area (Å²) in [4.78, 5) is 4.90. The summed E-state index contributed by atoms with van der Waals surface area (Å²) in [5.74, 6) is 0.415. The summed E-state index contributed by atoms with van der Waals surface area (Å²) in [6.45, 7) is 0. The van der Waals surface area contributed by atoms with Gasteiger partial charge < -0.3 is 0 Å². The number of thiazole rings is 1. The lowest BCUT2D eigenvalue weighted by Gasteiger charge is -2.17. The molecule has 22 heavy (non-hydrogen) atoms. The van der Waals surface area contributed by atoms with Crippen molar-refractivity contribution in [2.24, 2.45) is 0 Å². The van der Waals surface area contributed by atoms with Gasteiger partial charge in [0.1, 0.15) is 5.15 Å². The van der Waals surface area contributed by atoms with Gasteiger partial charge in [0, 0.05) is 10.8 Å². The van der Waals surface area contributed by atoms with E-state index in [1.165, 1.54) is 11.3 Å². The van der Waals surface area contributed by atoms with E-state index in [1.54, 1.807) is 5.51 Å². The zero-order valence-electron chi connectivity index (χ0n) is 11.7. The van der Waals surface area contributed by atoms with Crippen LogP contribution in [0.5, 0.6) is 0 Å². The minimum Gasteiger partial charge on any atom is -0.258 e. The van der Waals surface area contributed by atoms with E-state index in [0.717, 1.165) is 16.0 Å². The molecule has 5 heteroatoms.